The van der Waals surface area contributed by atoms with Gasteiger partial charge in [0, 0.05) is 35.6 Å². The fraction of sp³-hybridized carbons (Fsp3) is 0.294. The third kappa shape index (κ3) is 2.25. The van der Waals surface area contributed by atoms with Crippen molar-refractivity contribution in [1.82, 2.24) is 0 Å². The van der Waals surface area contributed by atoms with Crippen molar-refractivity contribution in [3.05, 3.63) is 53.6 Å². The molecule has 1 aliphatic heterocycles. The Morgan fingerprint density at radius 1 is 1.20 bits per heavy atom. The molecule has 3 nitrogen and oxygen atoms in total. The number of phenols is 1. The normalized spacial score (nSPS) is 15.8. The Hall–Kier alpha value is -2.00. The molecule has 0 radical (unpaired) electrons. The molecule has 3 heteroatoms. The lowest BCUT2D eigenvalue weighted by atomic mass is 10.0. The number of aryl methyl sites for hydroxylation is 1. The first-order valence-electron chi connectivity index (χ1n) is 7.11. The molecule has 0 saturated heterocycles. The average molecular weight is 268 g/mol. The van der Waals surface area contributed by atoms with Gasteiger partial charge in [0.05, 0.1) is 0 Å². The number of aromatic hydroxyl groups is 1. The molecule has 0 aromatic heterocycles. The van der Waals surface area contributed by atoms with E-state index in [0.717, 1.165) is 30.6 Å². The molecule has 0 aliphatic carbocycles. The lowest BCUT2D eigenvalue weighted by Crippen LogP contribution is -2.24. The van der Waals surface area contributed by atoms with Crippen molar-refractivity contribution in [2.24, 2.45) is 5.73 Å². The number of nitrogens with zero attached hydrogens (tertiary/aromatic N) is 1. The second-order valence-corrected chi connectivity index (χ2v) is 5.42. The molecular formula is C17H20N2O. The molecule has 0 saturated carbocycles. The molecule has 1 heterocycles. The minimum atomic E-state index is -0.155. The van der Waals surface area contributed by atoms with Crippen molar-refractivity contribution in [3.8, 4) is 5.75 Å². The molecule has 0 spiro atoms. The summed E-state index contributed by atoms with van der Waals surface area (Å²) < 4.78 is 0. The number of hydrogen-bond acceptors (Lipinski definition) is 3. The van der Waals surface area contributed by atoms with Gasteiger partial charge in [-0.2, -0.15) is 0 Å². The monoisotopic (exact) mass is 268 g/mol. The number of phenolic OH excluding ortho intramolecular Hbond substituents is 1. The number of hydrogen-bond donors (Lipinski definition) is 2. The Labute approximate surface area is 119 Å². The molecule has 104 valence electrons. The fourth-order valence-electron chi connectivity index (χ4n) is 2.89. The Morgan fingerprint density at radius 2 is 2.00 bits per heavy atom. The second-order valence-electron chi connectivity index (χ2n) is 5.42. The van der Waals surface area contributed by atoms with Gasteiger partial charge in [0.15, 0.2) is 0 Å². The first kappa shape index (κ1) is 13.0. The number of fused-ring (bicyclic) bond motifs is 1. The van der Waals surface area contributed by atoms with Crippen LogP contribution < -0.4 is 10.6 Å². The summed E-state index contributed by atoms with van der Waals surface area (Å²) in [4.78, 5) is 2.27. The van der Waals surface area contributed by atoms with Crippen LogP contribution in [0.1, 0.15) is 30.5 Å². The molecule has 2 aromatic rings. The van der Waals surface area contributed by atoms with Gasteiger partial charge in [-0.05, 0) is 37.5 Å². The highest BCUT2D eigenvalue weighted by Crippen LogP contribution is 2.36. The van der Waals surface area contributed by atoms with Gasteiger partial charge in [-0.25, -0.2) is 0 Å². The van der Waals surface area contributed by atoms with E-state index < -0.39 is 0 Å². The van der Waals surface area contributed by atoms with Gasteiger partial charge < -0.3 is 15.7 Å². The third-order valence-electron chi connectivity index (χ3n) is 3.93. The highest BCUT2D eigenvalue weighted by Gasteiger charge is 2.18. The van der Waals surface area contributed by atoms with Gasteiger partial charge in [0.1, 0.15) is 5.75 Å². The number of anilines is 2. The van der Waals surface area contributed by atoms with Crippen LogP contribution in [0.15, 0.2) is 42.5 Å². The van der Waals surface area contributed by atoms with E-state index in [9.17, 15) is 5.11 Å². The maximum atomic E-state index is 10.1. The maximum absolute atomic E-state index is 10.1. The zero-order valence-electron chi connectivity index (χ0n) is 11.7. The zero-order chi connectivity index (χ0) is 14.1. The molecule has 0 bridgehead atoms. The third-order valence-corrected chi connectivity index (χ3v) is 3.93. The first-order valence-corrected chi connectivity index (χ1v) is 7.11. The Kier molecular flexibility index (Phi) is 3.36. The maximum Gasteiger partial charge on any atom is 0.122 e. The number of benzene rings is 2. The number of nitrogens with two attached hydrogens (primary N) is 1. The van der Waals surface area contributed by atoms with E-state index in [1.807, 2.05) is 25.1 Å². The highest BCUT2D eigenvalue weighted by atomic mass is 16.3. The minimum Gasteiger partial charge on any atom is -0.508 e. The van der Waals surface area contributed by atoms with E-state index in [2.05, 4.69) is 29.2 Å². The van der Waals surface area contributed by atoms with Gasteiger partial charge in [0.2, 0.25) is 0 Å². The summed E-state index contributed by atoms with van der Waals surface area (Å²) in [7, 11) is 0. The fourth-order valence-corrected chi connectivity index (χ4v) is 2.89. The minimum absolute atomic E-state index is 0.155. The Balaban J connectivity index is 2.00. The number of rotatable bonds is 2. The van der Waals surface area contributed by atoms with Crippen LogP contribution in [0, 0.1) is 0 Å². The SMILES string of the molecule is CC(N)c1ccc(N2CCCc3ccccc32)cc1O. The molecule has 3 rings (SSSR count). The van der Waals surface area contributed by atoms with Crippen LogP contribution in [0.3, 0.4) is 0 Å². The van der Waals surface area contributed by atoms with Crippen molar-refractivity contribution in [2.45, 2.75) is 25.8 Å². The molecule has 1 atom stereocenters. The summed E-state index contributed by atoms with van der Waals surface area (Å²) in [6.07, 6.45) is 2.25. The largest absolute Gasteiger partial charge is 0.508 e. The van der Waals surface area contributed by atoms with Crippen molar-refractivity contribution in [3.63, 3.8) is 0 Å². The summed E-state index contributed by atoms with van der Waals surface area (Å²) in [5.41, 5.74) is 10.3. The average Bonchev–Trinajstić information content (AvgIpc) is 2.46. The van der Waals surface area contributed by atoms with Crippen LogP contribution >= 0.6 is 0 Å². The molecule has 3 N–H and O–H groups in total. The summed E-state index contributed by atoms with van der Waals surface area (Å²) in [5, 5.41) is 10.1. The second kappa shape index (κ2) is 5.17. The smallest absolute Gasteiger partial charge is 0.122 e. The van der Waals surface area contributed by atoms with Crippen LogP contribution in [-0.4, -0.2) is 11.7 Å². The van der Waals surface area contributed by atoms with Crippen LogP contribution in [0.5, 0.6) is 5.75 Å². The summed E-state index contributed by atoms with van der Waals surface area (Å²) >= 11 is 0. The van der Waals surface area contributed by atoms with Crippen molar-refractivity contribution in [2.75, 3.05) is 11.4 Å². The molecule has 0 amide bonds. The van der Waals surface area contributed by atoms with Crippen LogP contribution in [0.2, 0.25) is 0 Å². The lowest BCUT2D eigenvalue weighted by Gasteiger charge is -2.31. The van der Waals surface area contributed by atoms with E-state index in [0.29, 0.717) is 0 Å². The van der Waals surface area contributed by atoms with E-state index in [-0.39, 0.29) is 11.8 Å². The predicted octanol–water partition coefficient (Wildman–Crippen LogP) is 3.50. The molecule has 1 aliphatic rings. The molecular weight excluding hydrogens is 248 g/mol. The quantitative estimate of drug-likeness (QED) is 0.876. The van der Waals surface area contributed by atoms with Crippen molar-refractivity contribution in [1.29, 1.82) is 0 Å². The van der Waals surface area contributed by atoms with Crippen LogP contribution in [0.25, 0.3) is 0 Å². The van der Waals surface area contributed by atoms with E-state index >= 15 is 0 Å². The van der Waals surface area contributed by atoms with Crippen LogP contribution in [-0.2, 0) is 6.42 Å². The van der Waals surface area contributed by atoms with Gasteiger partial charge in [-0.3, -0.25) is 0 Å². The van der Waals surface area contributed by atoms with Gasteiger partial charge in [0.25, 0.3) is 0 Å². The number of para-hydroxylation sites is 1. The molecule has 2 aromatic carbocycles. The molecule has 1 unspecified atom stereocenters. The van der Waals surface area contributed by atoms with E-state index in [1.165, 1.54) is 11.3 Å². The standard InChI is InChI=1S/C17H20N2O/c1-12(18)15-9-8-14(11-17(15)20)19-10-4-6-13-5-2-3-7-16(13)19/h2-3,5,7-9,11-12,20H,4,6,10,18H2,1H3. The summed E-state index contributed by atoms with van der Waals surface area (Å²) in [6, 6.07) is 14.1. The molecule has 20 heavy (non-hydrogen) atoms. The van der Waals surface area contributed by atoms with E-state index in [1.54, 1.807) is 0 Å². The van der Waals surface area contributed by atoms with E-state index in [4.69, 9.17) is 5.73 Å². The Morgan fingerprint density at radius 3 is 2.75 bits per heavy atom. The Bertz CT molecular complexity index is 622. The van der Waals surface area contributed by atoms with Crippen molar-refractivity contribution < 1.29 is 5.11 Å². The van der Waals surface area contributed by atoms with Crippen LogP contribution in [0.4, 0.5) is 11.4 Å². The van der Waals surface area contributed by atoms with Crippen molar-refractivity contribution >= 4 is 11.4 Å². The van der Waals surface area contributed by atoms with Gasteiger partial charge in [-0.1, -0.05) is 24.3 Å². The summed E-state index contributed by atoms with van der Waals surface area (Å²) in [6.45, 7) is 2.86. The van der Waals surface area contributed by atoms with Gasteiger partial charge in [-0.15, -0.1) is 0 Å². The summed E-state index contributed by atoms with van der Waals surface area (Å²) in [5.74, 6) is 0.278. The first-order chi connectivity index (χ1) is 9.66. The highest BCUT2D eigenvalue weighted by molar-refractivity contribution is 5.69. The molecule has 0 fully saturated rings. The topological polar surface area (TPSA) is 49.5 Å². The lowest BCUT2D eigenvalue weighted by molar-refractivity contribution is 0.464. The van der Waals surface area contributed by atoms with Gasteiger partial charge >= 0.3 is 0 Å². The predicted molar refractivity (Wildman–Crippen MR) is 82.5 cm³/mol. The zero-order valence-corrected chi connectivity index (χ0v) is 11.7.